The molecule has 8 nitrogen and oxygen atoms in total. The number of pyridine rings is 3. The third-order valence-corrected chi connectivity index (χ3v) is 7.30. The van der Waals surface area contributed by atoms with Gasteiger partial charge in [0.15, 0.2) is 0 Å². The Labute approximate surface area is 238 Å². The van der Waals surface area contributed by atoms with Gasteiger partial charge in [0.2, 0.25) is 0 Å². The molecule has 208 valence electrons. The molecular formula is C32H32FN7O. The molecule has 6 rings (SSSR count). The maximum atomic E-state index is 14.8. The van der Waals surface area contributed by atoms with Crippen molar-refractivity contribution in [1.29, 1.82) is 0 Å². The number of ether oxygens (including phenoxy) is 1. The van der Waals surface area contributed by atoms with Gasteiger partial charge in [-0.15, -0.1) is 0 Å². The molecule has 0 spiro atoms. The molecule has 5 heterocycles. The average Bonchev–Trinajstić information content (AvgIpc) is 3.67. The number of nitrogens with one attached hydrogen (secondary N) is 1. The van der Waals surface area contributed by atoms with Gasteiger partial charge < -0.3 is 15.5 Å². The molecule has 4 aromatic heterocycles. The predicted molar refractivity (Wildman–Crippen MR) is 161 cm³/mol. The van der Waals surface area contributed by atoms with Crippen LogP contribution < -0.4 is 10.5 Å². The highest BCUT2D eigenvalue weighted by molar-refractivity contribution is 6.16. The number of halogens is 1. The molecule has 1 aliphatic rings. The molecule has 1 aromatic carbocycles. The van der Waals surface area contributed by atoms with Gasteiger partial charge in [-0.25, -0.2) is 9.37 Å². The minimum absolute atomic E-state index is 0.357. The molecule has 0 saturated carbocycles. The summed E-state index contributed by atoms with van der Waals surface area (Å²) in [5.41, 5.74) is 12.9. The first-order valence-corrected chi connectivity index (χ1v) is 13.9. The van der Waals surface area contributed by atoms with E-state index in [1.165, 1.54) is 25.0 Å². The van der Waals surface area contributed by atoms with E-state index in [-0.39, 0.29) is 5.82 Å². The lowest BCUT2D eigenvalue weighted by Crippen LogP contribution is -2.25. The number of aromatic amines is 1. The average molecular weight is 550 g/mol. The lowest BCUT2D eigenvalue weighted by molar-refractivity contribution is 0.237. The van der Waals surface area contributed by atoms with Crippen LogP contribution in [-0.4, -0.2) is 63.3 Å². The Hall–Kier alpha value is -4.63. The minimum Gasteiger partial charge on any atom is -0.492 e. The van der Waals surface area contributed by atoms with E-state index in [0.717, 1.165) is 53.1 Å². The number of nitrogens with two attached hydrogens (primary N) is 1. The van der Waals surface area contributed by atoms with Gasteiger partial charge in [0.05, 0.1) is 28.8 Å². The van der Waals surface area contributed by atoms with Crippen molar-refractivity contribution in [2.45, 2.75) is 19.8 Å². The Kier molecular flexibility index (Phi) is 7.69. The standard InChI is InChI=1S/C32H32FN7O/c1-2-37-32(31-27(34)5-6-28(39-31)21-7-9-35-10-8-21)29-18-25-26(19-36-20-30(25)38-29)22-15-23(33)17-24(16-22)41-14-13-40-11-3-4-12-40/h5-10,15-20,38H,2-4,11-14,34H2,1H3. The van der Waals surface area contributed by atoms with Gasteiger partial charge in [-0.3, -0.25) is 19.9 Å². The van der Waals surface area contributed by atoms with Crippen molar-refractivity contribution in [3.8, 4) is 28.1 Å². The molecule has 0 atom stereocenters. The van der Waals surface area contributed by atoms with Crippen molar-refractivity contribution >= 4 is 22.3 Å². The number of anilines is 1. The summed E-state index contributed by atoms with van der Waals surface area (Å²) in [5, 5.41) is 0.885. The molecule has 41 heavy (non-hydrogen) atoms. The number of H-pyrrole nitrogens is 1. The lowest BCUT2D eigenvalue weighted by atomic mass is 10.0. The van der Waals surface area contributed by atoms with Crippen molar-refractivity contribution in [3.05, 3.63) is 90.5 Å². The van der Waals surface area contributed by atoms with Crippen LogP contribution in [0.3, 0.4) is 0 Å². The highest BCUT2D eigenvalue weighted by atomic mass is 19.1. The predicted octanol–water partition coefficient (Wildman–Crippen LogP) is 5.74. The molecule has 0 amide bonds. The topological polar surface area (TPSA) is 105 Å². The van der Waals surface area contributed by atoms with Crippen LogP contribution in [-0.2, 0) is 0 Å². The lowest BCUT2D eigenvalue weighted by Gasteiger charge is -2.15. The van der Waals surface area contributed by atoms with Crippen molar-refractivity contribution in [3.63, 3.8) is 0 Å². The summed E-state index contributed by atoms with van der Waals surface area (Å²) in [4.78, 5) is 24.0. The zero-order valence-electron chi connectivity index (χ0n) is 23.0. The van der Waals surface area contributed by atoms with E-state index in [0.29, 0.717) is 41.6 Å². The summed E-state index contributed by atoms with van der Waals surface area (Å²) in [6.07, 6.45) is 9.42. The van der Waals surface area contributed by atoms with E-state index >= 15 is 0 Å². The van der Waals surface area contributed by atoms with Crippen molar-refractivity contribution < 1.29 is 9.13 Å². The molecule has 1 fully saturated rings. The first-order chi connectivity index (χ1) is 20.1. The van der Waals surface area contributed by atoms with Crippen molar-refractivity contribution in [1.82, 2.24) is 24.8 Å². The number of nitrogen functional groups attached to an aromatic ring is 1. The molecule has 5 aromatic rings. The van der Waals surface area contributed by atoms with Gasteiger partial charge in [-0.1, -0.05) is 0 Å². The summed E-state index contributed by atoms with van der Waals surface area (Å²) in [7, 11) is 0. The zero-order valence-corrected chi connectivity index (χ0v) is 23.0. The molecule has 0 unspecified atom stereocenters. The first-order valence-electron chi connectivity index (χ1n) is 13.9. The summed E-state index contributed by atoms with van der Waals surface area (Å²) in [6.45, 7) is 6.06. The van der Waals surface area contributed by atoms with Crippen LogP contribution in [0.5, 0.6) is 5.75 Å². The first kappa shape index (κ1) is 26.6. The molecule has 1 saturated heterocycles. The van der Waals surface area contributed by atoms with Crippen LogP contribution in [0.15, 0.2) is 78.3 Å². The fourth-order valence-electron chi connectivity index (χ4n) is 5.30. The molecule has 0 aliphatic carbocycles. The summed E-state index contributed by atoms with van der Waals surface area (Å²) < 4.78 is 20.7. The van der Waals surface area contributed by atoms with E-state index in [1.54, 1.807) is 24.8 Å². The van der Waals surface area contributed by atoms with Crippen LogP contribution in [0.25, 0.3) is 33.3 Å². The molecule has 0 bridgehead atoms. The van der Waals surface area contributed by atoms with E-state index < -0.39 is 0 Å². The SMILES string of the molecule is CCN=C(c1cc2c(-c3cc(F)cc(OCCN4CCCC4)c3)cncc2[nH]1)c1nc(-c2ccncc2)ccc1N. The summed E-state index contributed by atoms with van der Waals surface area (Å²) >= 11 is 0. The van der Waals surface area contributed by atoms with E-state index in [1.807, 2.05) is 43.3 Å². The van der Waals surface area contributed by atoms with Gasteiger partial charge in [0.25, 0.3) is 0 Å². The second kappa shape index (κ2) is 11.9. The number of hydrogen-bond acceptors (Lipinski definition) is 7. The maximum Gasteiger partial charge on any atom is 0.127 e. The van der Waals surface area contributed by atoms with Crippen molar-refractivity contribution in [2.75, 3.05) is 38.5 Å². The van der Waals surface area contributed by atoms with E-state index in [9.17, 15) is 4.39 Å². The second-order valence-electron chi connectivity index (χ2n) is 10.1. The highest BCUT2D eigenvalue weighted by Gasteiger charge is 2.18. The fraction of sp³-hybridized carbons (Fsp3) is 0.250. The Balaban J connectivity index is 1.35. The number of aromatic nitrogens is 4. The number of aliphatic imine (C=N–C) groups is 1. The van der Waals surface area contributed by atoms with E-state index in [4.69, 9.17) is 20.4 Å². The Morgan fingerprint density at radius 3 is 2.66 bits per heavy atom. The van der Waals surface area contributed by atoms with Crippen LogP contribution in [0.2, 0.25) is 0 Å². The number of likely N-dealkylation sites (tertiary alicyclic amines) is 1. The monoisotopic (exact) mass is 549 g/mol. The smallest absolute Gasteiger partial charge is 0.127 e. The zero-order chi connectivity index (χ0) is 28.2. The minimum atomic E-state index is -0.357. The van der Waals surface area contributed by atoms with Gasteiger partial charge in [-0.2, -0.15) is 0 Å². The van der Waals surface area contributed by atoms with Crippen LogP contribution in [0.4, 0.5) is 10.1 Å². The van der Waals surface area contributed by atoms with Crippen molar-refractivity contribution in [2.24, 2.45) is 4.99 Å². The number of rotatable bonds is 9. The molecule has 0 radical (unpaired) electrons. The third-order valence-electron chi connectivity index (χ3n) is 7.30. The third kappa shape index (κ3) is 5.81. The maximum absolute atomic E-state index is 14.8. The number of hydrogen-bond donors (Lipinski definition) is 2. The van der Waals surface area contributed by atoms with E-state index in [2.05, 4.69) is 19.9 Å². The van der Waals surface area contributed by atoms with Crippen LogP contribution >= 0.6 is 0 Å². The largest absolute Gasteiger partial charge is 0.492 e. The number of nitrogens with zero attached hydrogens (tertiary/aromatic N) is 5. The molecule has 3 N–H and O–H groups in total. The highest BCUT2D eigenvalue weighted by Crippen LogP contribution is 2.33. The van der Waals surface area contributed by atoms with Gasteiger partial charge >= 0.3 is 0 Å². The van der Waals surface area contributed by atoms with Crippen LogP contribution in [0, 0.1) is 5.82 Å². The second-order valence-corrected chi connectivity index (χ2v) is 10.1. The van der Waals surface area contributed by atoms with Gasteiger partial charge in [0.1, 0.15) is 29.6 Å². The van der Waals surface area contributed by atoms with Crippen LogP contribution in [0.1, 0.15) is 31.2 Å². The molecule has 1 aliphatic heterocycles. The number of benzene rings is 1. The molecular weight excluding hydrogens is 517 g/mol. The Bertz CT molecular complexity index is 1690. The van der Waals surface area contributed by atoms with Gasteiger partial charge in [0, 0.05) is 54.3 Å². The van der Waals surface area contributed by atoms with Gasteiger partial charge in [-0.05, 0) is 80.9 Å². The Morgan fingerprint density at radius 1 is 1.02 bits per heavy atom. The quantitative estimate of drug-likeness (QED) is 0.227. The summed E-state index contributed by atoms with van der Waals surface area (Å²) in [6, 6.07) is 14.4. The fourth-order valence-corrected chi connectivity index (χ4v) is 5.30. The summed E-state index contributed by atoms with van der Waals surface area (Å²) in [5.74, 6) is 0.148. The normalized spacial score (nSPS) is 14.1. The molecule has 9 heteroatoms. The Morgan fingerprint density at radius 2 is 1.85 bits per heavy atom. The number of fused-ring (bicyclic) bond motifs is 1.